The van der Waals surface area contributed by atoms with E-state index in [-0.39, 0.29) is 39.2 Å². The van der Waals surface area contributed by atoms with E-state index in [2.05, 4.69) is 5.32 Å². The summed E-state index contributed by atoms with van der Waals surface area (Å²) in [6.45, 7) is 3.56. The van der Waals surface area contributed by atoms with Crippen LogP contribution in [0.5, 0.6) is 17.2 Å². The Hall–Kier alpha value is -3.96. The van der Waals surface area contributed by atoms with Gasteiger partial charge < -0.3 is 24.3 Å². The van der Waals surface area contributed by atoms with E-state index >= 15 is 0 Å². The summed E-state index contributed by atoms with van der Waals surface area (Å²) < 4.78 is 49.4. The van der Waals surface area contributed by atoms with Crippen molar-refractivity contribution in [3.05, 3.63) is 71.2 Å². The Morgan fingerprint density at radius 1 is 0.897 bits per heavy atom. The molecule has 1 N–H and O–H groups in total. The van der Waals surface area contributed by atoms with E-state index in [9.17, 15) is 18.0 Å². The molecule has 10 nitrogen and oxygen atoms in total. The van der Waals surface area contributed by atoms with Gasteiger partial charge in [-0.2, -0.15) is 0 Å². The summed E-state index contributed by atoms with van der Waals surface area (Å²) in [5.74, 6) is -0.127. The Bertz CT molecular complexity index is 1430. The van der Waals surface area contributed by atoms with Gasteiger partial charge in [0.2, 0.25) is 5.91 Å². The minimum absolute atomic E-state index is 0.0765. The molecule has 0 atom stereocenters. The van der Waals surface area contributed by atoms with E-state index in [1.54, 1.807) is 31.2 Å². The van der Waals surface area contributed by atoms with Crippen LogP contribution in [-0.4, -0.2) is 54.3 Å². The van der Waals surface area contributed by atoms with Crippen LogP contribution in [0, 0.1) is 0 Å². The second-order valence-electron chi connectivity index (χ2n) is 7.92. The molecule has 39 heavy (non-hydrogen) atoms. The van der Waals surface area contributed by atoms with E-state index in [0.29, 0.717) is 18.1 Å². The van der Waals surface area contributed by atoms with Gasteiger partial charge in [0.1, 0.15) is 12.3 Å². The van der Waals surface area contributed by atoms with Gasteiger partial charge in [0.15, 0.2) is 11.5 Å². The third kappa shape index (κ3) is 7.12. The number of hydrogen-bond donors (Lipinski definition) is 1. The van der Waals surface area contributed by atoms with Gasteiger partial charge in [-0.05, 0) is 68.4 Å². The molecule has 0 bridgehead atoms. The molecule has 0 aliphatic heterocycles. The summed E-state index contributed by atoms with van der Waals surface area (Å²) >= 11 is 6.20. The lowest BCUT2D eigenvalue weighted by Crippen LogP contribution is -2.38. The number of anilines is 2. The molecule has 1 amide bonds. The van der Waals surface area contributed by atoms with Crippen LogP contribution in [0.25, 0.3) is 0 Å². The van der Waals surface area contributed by atoms with Crippen molar-refractivity contribution in [3.63, 3.8) is 0 Å². The number of nitrogens with zero attached hydrogens (tertiary/aromatic N) is 1. The van der Waals surface area contributed by atoms with Crippen molar-refractivity contribution in [2.45, 2.75) is 18.7 Å². The topological polar surface area (TPSA) is 120 Å². The predicted octanol–water partition coefficient (Wildman–Crippen LogP) is 4.77. The first-order valence-electron chi connectivity index (χ1n) is 11.9. The molecule has 0 aliphatic carbocycles. The maximum absolute atomic E-state index is 13.8. The Kier molecular flexibility index (Phi) is 10.0. The Morgan fingerprint density at radius 2 is 1.59 bits per heavy atom. The van der Waals surface area contributed by atoms with Crippen LogP contribution in [0.3, 0.4) is 0 Å². The zero-order chi connectivity index (χ0) is 28.6. The fourth-order valence-electron chi connectivity index (χ4n) is 3.59. The highest BCUT2D eigenvalue weighted by Gasteiger charge is 2.28. The largest absolute Gasteiger partial charge is 0.494 e. The second-order valence-corrected chi connectivity index (χ2v) is 10.2. The summed E-state index contributed by atoms with van der Waals surface area (Å²) in [4.78, 5) is 25.0. The molecule has 12 heteroatoms. The molecule has 0 saturated heterocycles. The quantitative estimate of drug-likeness (QED) is 0.306. The minimum Gasteiger partial charge on any atom is -0.494 e. The van der Waals surface area contributed by atoms with Crippen molar-refractivity contribution in [2.75, 3.05) is 43.6 Å². The third-order valence-electron chi connectivity index (χ3n) is 5.41. The average molecular weight is 577 g/mol. The fraction of sp³-hybridized carbons (Fsp3) is 0.259. The molecule has 0 spiro atoms. The standard InChI is InChI=1S/C27H29ClN2O8S/c1-5-37-20-10-8-19(9-11-20)30(39(33,34)21-12-14-24(35-3)25(16-21)36-4)17-26(31)29-18-7-13-22(23(28)15-18)27(32)38-6-2/h7-16H,5-6,17H2,1-4H3,(H,29,31). The van der Waals surface area contributed by atoms with Gasteiger partial charge in [-0.1, -0.05) is 11.6 Å². The molecule has 0 aromatic heterocycles. The van der Waals surface area contributed by atoms with Gasteiger partial charge >= 0.3 is 5.97 Å². The summed E-state index contributed by atoms with van der Waals surface area (Å²) in [5.41, 5.74) is 0.649. The predicted molar refractivity (Wildman–Crippen MR) is 148 cm³/mol. The van der Waals surface area contributed by atoms with Crippen molar-refractivity contribution in [3.8, 4) is 17.2 Å². The van der Waals surface area contributed by atoms with Crippen LogP contribution in [0.4, 0.5) is 11.4 Å². The highest BCUT2D eigenvalue weighted by atomic mass is 35.5. The molecule has 3 aromatic carbocycles. The number of halogens is 1. The molecule has 0 aliphatic rings. The third-order valence-corrected chi connectivity index (χ3v) is 7.50. The lowest BCUT2D eigenvalue weighted by atomic mass is 10.2. The number of nitrogens with one attached hydrogen (secondary N) is 1. The number of hydrogen-bond acceptors (Lipinski definition) is 8. The number of carbonyl (C=O) groups excluding carboxylic acids is 2. The van der Waals surface area contributed by atoms with E-state index in [1.165, 1.54) is 50.6 Å². The first-order chi connectivity index (χ1) is 18.6. The van der Waals surface area contributed by atoms with E-state index in [4.69, 9.17) is 30.5 Å². The molecule has 0 fully saturated rings. The number of methoxy groups -OCH3 is 2. The molecule has 0 heterocycles. The first-order valence-corrected chi connectivity index (χ1v) is 13.7. The van der Waals surface area contributed by atoms with Crippen LogP contribution in [0.1, 0.15) is 24.2 Å². The number of amides is 1. The Labute approximate surface area is 232 Å². The highest BCUT2D eigenvalue weighted by Crippen LogP contribution is 2.33. The van der Waals surface area contributed by atoms with Gasteiger partial charge in [0.25, 0.3) is 10.0 Å². The van der Waals surface area contributed by atoms with Crippen LogP contribution in [-0.2, 0) is 19.6 Å². The zero-order valence-electron chi connectivity index (χ0n) is 21.9. The summed E-state index contributed by atoms with van der Waals surface area (Å²) in [7, 11) is -1.42. The number of rotatable bonds is 12. The van der Waals surface area contributed by atoms with Gasteiger partial charge in [-0.25, -0.2) is 13.2 Å². The van der Waals surface area contributed by atoms with Crippen LogP contribution >= 0.6 is 11.6 Å². The highest BCUT2D eigenvalue weighted by molar-refractivity contribution is 7.92. The smallest absolute Gasteiger partial charge is 0.339 e. The van der Waals surface area contributed by atoms with Gasteiger partial charge in [-0.3, -0.25) is 9.10 Å². The molecule has 208 valence electrons. The van der Waals surface area contributed by atoms with E-state index in [1.807, 2.05) is 6.92 Å². The number of sulfonamides is 1. The Balaban J connectivity index is 1.94. The van der Waals surface area contributed by atoms with Crippen molar-refractivity contribution in [2.24, 2.45) is 0 Å². The minimum atomic E-state index is -4.25. The maximum Gasteiger partial charge on any atom is 0.339 e. The number of benzene rings is 3. The lowest BCUT2D eigenvalue weighted by molar-refractivity contribution is -0.114. The molecule has 3 rings (SSSR count). The molecule has 0 unspecified atom stereocenters. The van der Waals surface area contributed by atoms with Gasteiger partial charge in [0.05, 0.1) is 48.6 Å². The van der Waals surface area contributed by atoms with E-state index < -0.39 is 28.4 Å². The van der Waals surface area contributed by atoms with Crippen molar-refractivity contribution in [1.82, 2.24) is 0 Å². The first kappa shape index (κ1) is 29.6. The summed E-state index contributed by atoms with van der Waals surface area (Å²) in [6.07, 6.45) is 0. The Morgan fingerprint density at radius 3 is 2.18 bits per heavy atom. The lowest BCUT2D eigenvalue weighted by Gasteiger charge is -2.25. The fourth-order valence-corrected chi connectivity index (χ4v) is 5.29. The average Bonchev–Trinajstić information content (AvgIpc) is 2.92. The van der Waals surface area contributed by atoms with Gasteiger partial charge in [-0.15, -0.1) is 0 Å². The summed E-state index contributed by atoms with van der Waals surface area (Å²) in [6, 6.07) is 14.7. The molecular formula is C27H29ClN2O8S. The van der Waals surface area contributed by atoms with Crippen molar-refractivity contribution >= 4 is 44.9 Å². The molecule has 0 radical (unpaired) electrons. The van der Waals surface area contributed by atoms with Crippen LogP contribution in [0.15, 0.2) is 65.6 Å². The number of carbonyl (C=O) groups is 2. The SMILES string of the molecule is CCOC(=O)c1ccc(NC(=O)CN(c2ccc(OCC)cc2)S(=O)(=O)c2ccc(OC)c(OC)c2)cc1Cl. The van der Waals surface area contributed by atoms with E-state index in [0.717, 1.165) is 4.31 Å². The summed E-state index contributed by atoms with van der Waals surface area (Å²) in [5, 5.41) is 2.70. The van der Waals surface area contributed by atoms with Crippen molar-refractivity contribution in [1.29, 1.82) is 0 Å². The van der Waals surface area contributed by atoms with Crippen LogP contribution in [0.2, 0.25) is 5.02 Å². The molecular weight excluding hydrogens is 548 g/mol. The molecule has 0 saturated carbocycles. The number of ether oxygens (including phenoxy) is 4. The maximum atomic E-state index is 13.8. The molecule has 3 aromatic rings. The monoisotopic (exact) mass is 576 g/mol. The van der Waals surface area contributed by atoms with Crippen LogP contribution < -0.4 is 23.8 Å². The number of esters is 1. The van der Waals surface area contributed by atoms with Gasteiger partial charge in [0, 0.05) is 11.8 Å². The zero-order valence-corrected chi connectivity index (χ0v) is 23.5. The normalized spacial score (nSPS) is 10.9. The van der Waals surface area contributed by atoms with Crippen molar-refractivity contribution < 1.29 is 37.0 Å². The second kappa shape index (κ2) is 13.2.